The van der Waals surface area contributed by atoms with E-state index in [-0.39, 0.29) is 5.91 Å². The number of benzene rings is 2. The summed E-state index contributed by atoms with van der Waals surface area (Å²) in [5, 5.41) is 6.05. The highest BCUT2D eigenvalue weighted by Crippen LogP contribution is 2.17. The van der Waals surface area contributed by atoms with Gasteiger partial charge in [0, 0.05) is 38.1 Å². The number of carbonyl (C=O) groups excluding carboxylic acids is 1. The van der Waals surface area contributed by atoms with Crippen LogP contribution in [0.25, 0.3) is 0 Å². The molecule has 0 unspecified atom stereocenters. The highest BCUT2D eigenvalue weighted by molar-refractivity contribution is 6.03. The van der Waals surface area contributed by atoms with Gasteiger partial charge in [0.25, 0.3) is 5.91 Å². The van der Waals surface area contributed by atoms with Crippen LogP contribution in [0.4, 0.5) is 17.2 Å². The minimum absolute atomic E-state index is 0.285. The van der Waals surface area contributed by atoms with Gasteiger partial charge in [-0.15, -0.1) is 0 Å². The lowest BCUT2D eigenvalue weighted by Crippen LogP contribution is -2.15. The maximum atomic E-state index is 12.5. The summed E-state index contributed by atoms with van der Waals surface area (Å²) in [7, 11) is 5.57. The zero-order valence-corrected chi connectivity index (χ0v) is 16.1. The lowest BCUT2D eigenvalue weighted by molar-refractivity contribution is 0.102. The van der Waals surface area contributed by atoms with Crippen LogP contribution in [0.5, 0.6) is 5.75 Å². The lowest BCUT2D eigenvalue weighted by Gasteiger charge is -2.13. The Hall–Kier alpha value is -3.61. The zero-order chi connectivity index (χ0) is 19.9. The van der Waals surface area contributed by atoms with Crippen LogP contribution in [-0.4, -0.2) is 37.1 Å². The van der Waals surface area contributed by atoms with E-state index in [0.29, 0.717) is 23.7 Å². The van der Waals surface area contributed by atoms with E-state index in [1.165, 1.54) is 6.33 Å². The quantitative estimate of drug-likeness (QED) is 0.657. The fraction of sp³-hybridized carbons (Fsp3) is 0.190. The molecule has 0 saturated carbocycles. The molecule has 0 spiro atoms. The van der Waals surface area contributed by atoms with E-state index < -0.39 is 0 Å². The highest BCUT2D eigenvalue weighted by atomic mass is 16.5. The number of nitrogens with zero attached hydrogens (tertiary/aromatic N) is 3. The molecule has 28 heavy (non-hydrogen) atoms. The van der Waals surface area contributed by atoms with Crippen molar-refractivity contribution in [2.45, 2.75) is 6.54 Å². The van der Waals surface area contributed by atoms with E-state index in [4.69, 9.17) is 4.74 Å². The number of ether oxygens (including phenoxy) is 1. The Morgan fingerprint density at radius 2 is 1.75 bits per heavy atom. The van der Waals surface area contributed by atoms with Gasteiger partial charge < -0.3 is 20.3 Å². The molecule has 1 heterocycles. The summed E-state index contributed by atoms with van der Waals surface area (Å²) >= 11 is 0. The molecule has 0 fully saturated rings. The molecule has 0 aliphatic heterocycles. The molecule has 0 aliphatic rings. The third-order valence-corrected chi connectivity index (χ3v) is 4.17. The Balaban J connectivity index is 1.62. The molecular weight excluding hydrogens is 354 g/mol. The van der Waals surface area contributed by atoms with E-state index in [1.54, 1.807) is 13.2 Å². The van der Waals surface area contributed by atoms with Crippen LogP contribution in [0.1, 0.15) is 16.1 Å². The van der Waals surface area contributed by atoms with Crippen LogP contribution in [0.2, 0.25) is 0 Å². The minimum atomic E-state index is -0.285. The molecule has 7 heteroatoms. The first-order valence-electron chi connectivity index (χ1n) is 8.83. The maximum absolute atomic E-state index is 12.5. The van der Waals surface area contributed by atoms with Crippen molar-refractivity contribution in [1.82, 2.24) is 9.97 Å². The van der Waals surface area contributed by atoms with Gasteiger partial charge in [-0.2, -0.15) is 0 Å². The van der Waals surface area contributed by atoms with Gasteiger partial charge in [0.05, 0.1) is 7.11 Å². The third kappa shape index (κ3) is 4.97. The fourth-order valence-corrected chi connectivity index (χ4v) is 2.55. The summed E-state index contributed by atoms with van der Waals surface area (Å²) in [5.74, 6) is 1.11. The Labute approximate surface area is 164 Å². The smallest absolute Gasteiger partial charge is 0.274 e. The number of amides is 1. The molecule has 0 aliphatic carbocycles. The first-order valence-corrected chi connectivity index (χ1v) is 8.83. The van der Waals surface area contributed by atoms with Gasteiger partial charge in [-0.25, -0.2) is 9.97 Å². The average Bonchev–Trinajstić information content (AvgIpc) is 2.73. The van der Waals surface area contributed by atoms with Crippen LogP contribution in [0.15, 0.2) is 60.9 Å². The van der Waals surface area contributed by atoms with Crippen LogP contribution in [0, 0.1) is 0 Å². The van der Waals surface area contributed by atoms with Crippen molar-refractivity contribution >= 4 is 23.1 Å². The van der Waals surface area contributed by atoms with E-state index in [1.807, 2.05) is 67.5 Å². The Kier molecular flexibility index (Phi) is 6.06. The minimum Gasteiger partial charge on any atom is -0.497 e. The molecule has 1 amide bonds. The fourth-order valence-electron chi connectivity index (χ4n) is 2.55. The number of carbonyl (C=O) groups is 1. The third-order valence-electron chi connectivity index (χ3n) is 4.17. The molecule has 0 radical (unpaired) electrons. The summed E-state index contributed by atoms with van der Waals surface area (Å²) in [5.41, 5.74) is 3.14. The monoisotopic (exact) mass is 377 g/mol. The van der Waals surface area contributed by atoms with Gasteiger partial charge in [0.2, 0.25) is 0 Å². The molecule has 0 bridgehead atoms. The first kappa shape index (κ1) is 19.2. The Morgan fingerprint density at radius 1 is 1.04 bits per heavy atom. The molecule has 0 saturated heterocycles. The van der Waals surface area contributed by atoms with Crippen LogP contribution < -0.4 is 20.3 Å². The summed E-state index contributed by atoms with van der Waals surface area (Å²) in [4.78, 5) is 22.7. The summed E-state index contributed by atoms with van der Waals surface area (Å²) < 4.78 is 5.15. The van der Waals surface area contributed by atoms with Crippen molar-refractivity contribution in [3.8, 4) is 5.75 Å². The molecular formula is C21H23N5O2. The normalized spacial score (nSPS) is 10.2. The number of hydrogen-bond acceptors (Lipinski definition) is 6. The molecule has 7 nitrogen and oxygen atoms in total. The average molecular weight is 377 g/mol. The van der Waals surface area contributed by atoms with Gasteiger partial charge in [-0.1, -0.05) is 12.1 Å². The molecule has 1 aromatic heterocycles. The standard InChI is InChI=1S/C21H23N5O2/c1-26(2)17-8-6-16(7-9-17)25-21(27)19-12-20(24-14-23-19)22-13-15-4-10-18(28-3)11-5-15/h4-12,14H,13H2,1-3H3,(H,25,27)(H,22,23,24). The maximum Gasteiger partial charge on any atom is 0.274 e. The molecule has 3 aromatic rings. The van der Waals surface area contributed by atoms with Crippen molar-refractivity contribution < 1.29 is 9.53 Å². The lowest BCUT2D eigenvalue weighted by atomic mass is 10.2. The van der Waals surface area contributed by atoms with E-state index in [2.05, 4.69) is 20.6 Å². The van der Waals surface area contributed by atoms with Crippen molar-refractivity contribution in [1.29, 1.82) is 0 Å². The van der Waals surface area contributed by atoms with Crippen LogP contribution in [0.3, 0.4) is 0 Å². The highest BCUT2D eigenvalue weighted by Gasteiger charge is 2.09. The second-order valence-corrected chi connectivity index (χ2v) is 6.39. The van der Waals surface area contributed by atoms with Crippen molar-refractivity contribution in [3.05, 3.63) is 72.2 Å². The summed E-state index contributed by atoms with van der Waals surface area (Å²) in [6.07, 6.45) is 1.38. The summed E-state index contributed by atoms with van der Waals surface area (Å²) in [6, 6.07) is 17.0. The first-order chi connectivity index (χ1) is 13.5. The van der Waals surface area contributed by atoms with Crippen molar-refractivity contribution in [3.63, 3.8) is 0 Å². The topological polar surface area (TPSA) is 79.4 Å². The second-order valence-electron chi connectivity index (χ2n) is 6.39. The summed E-state index contributed by atoms with van der Waals surface area (Å²) in [6.45, 7) is 0.577. The number of methoxy groups -OCH3 is 1. The zero-order valence-electron chi connectivity index (χ0n) is 16.1. The van der Waals surface area contributed by atoms with Gasteiger partial charge in [-0.05, 0) is 42.0 Å². The molecule has 144 valence electrons. The molecule has 0 atom stereocenters. The van der Waals surface area contributed by atoms with Gasteiger partial charge in [0.1, 0.15) is 23.6 Å². The van der Waals surface area contributed by atoms with Gasteiger partial charge in [-0.3, -0.25) is 4.79 Å². The van der Waals surface area contributed by atoms with Crippen LogP contribution >= 0.6 is 0 Å². The number of hydrogen-bond donors (Lipinski definition) is 2. The van der Waals surface area contributed by atoms with Gasteiger partial charge >= 0.3 is 0 Å². The Morgan fingerprint density at radius 3 is 2.39 bits per heavy atom. The molecule has 2 aromatic carbocycles. The SMILES string of the molecule is COc1ccc(CNc2cc(C(=O)Nc3ccc(N(C)C)cc3)ncn2)cc1. The van der Waals surface area contributed by atoms with Crippen molar-refractivity contribution in [2.75, 3.05) is 36.7 Å². The van der Waals surface area contributed by atoms with Crippen molar-refractivity contribution in [2.24, 2.45) is 0 Å². The number of rotatable bonds is 7. The van der Waals surface area contributed by atoms with Crippen LogP contribution in [-0.2, 0) is 6.54 Å². The van der Waals surface area contributed by atoms with E-state index in [0.717, 1.165) is 17.0 Å². The predicted molar refractivity (Wildman–Crippen MR) is 111 cm³/mol. The molecule has 3 rings (SSSR count). The predicted octanol–water partition coefficient (Wildman–Crippen LogP) is 3.42. The van der Waals surface area contributed by atoms with Gasteiger partial charge in [0.15, 0.2) is 0 Å². The van der Waals surface area contributed by atoms with E-state index in [9.17, 15) is 4.79 Å². The number of anilines is 3. The molecule has 2 N–H and O–H groups in total. The number of nitrogens with one attached hydrogen (secondary N) is 2. The van der Waals surface area contributed by atoms with E-state index >= 15 is 0 Å². The Bertz CT molecular complexity index is 924. The largest absolute Gasteiger partial charge is 0.497 e. The number of aromatic nitrogens is 2. The second kappa shape index (κ2) is 8.85.